The highest BCUT2D eigenvalue weighted by atomic mass is 32.7. The van der Waals surface area contributed by atoms with Crippen LogP contribution in [0.5, 0.6) is 0 Å². The van der Waals surface area contributed by atoms with Crippen LogP contribution >= 0.6 is 25.8 Å². The molecule has 4 aromatic heterocycles. The highest BCUT2D eigenvalue weighted by molar-refractivity contribution is 8.44. The van der Waals surface area contributed by atoms with Gasteiger partial charge in [0.25, 0.3) is 0 Å². The Morgan fingerprint density at radius 1 is 0.860 bits per heavy atom. The van der Waals surface area contributed by atoms with E-state index in [1.54, 1.807) is 0 Å². The summed E-state index contributed by atoms with van der Waals surface area (Å²) in [4.78, 5) is 35.5. The minimum absolute atomic E-state index is 0.0799. The lowest BCUT2D eigenvalue weighted by Gasteiger charge is -2.27. The van der Waals surface area contributed by atoms with Crippen LogP contribution in [0.4, 0.5) is 11.6 Å². The lowest BCUT2D eigenvalue weighted by atomic mass is 10.1. The van der Waals surface area contributed by atoms with E-state index in [-0.39, 0.29) is 34.0 Å². The highest BCUT2D eigenvalue weighted by Gasteiger charge is 2.55. The van der Waals surface area contributed by atoms with E-state index in [2.05, 4.69) is 42.2 Å². The number of aliphatic hydroxyl groups is 2. The first-order valence-corrected chi connectivity index (χ1v) is 17.6. The summed E-state index contributed by atoms with van der Waals surface area (Å²) < 4.78 is 50.2. The SMILES string of the molecule is Nc1ncnc2c1ncn2[C@@H]1O[C@@H]2OP(O)(=S)OC3C(O)[C@H](n4cnc5c(N)ncnc54)O[C@@H]3COP(=O)(S)OC2C1O. The van der Waals surface area contributed by atoms with E-state index in [9.17, 15) is 19.7 Å². The number of imidazole rings is 2. The van der Waals surface area contributed by atoms with E-state index in [1.165, 1.54) is 34.4 Å². The molecular weight excluding hydrogens is 654 g/mol. The van der Waals surface area contributed by atoms with Gasteiger partial charge >= 0.3 is 13.5 Å². The largest absolute Gasteiger partial charge is 0.386 e. The van der Waals surface area contributed by atoms with Crippen LogP contribution in [0.3, 0.4) is 0 Å². The number of ether oxygens (including phenoxy) is 2. The summed E-state index contributed by atoms with van der Waals surface area (Å²) in [6.07, 6.45) is -6.41. The third-order valence-electron chi connectivity index (χ3n) is 6.95. The number of hydrogen-bond acceptors (Lipinski definition) is 18. The normalized spacial score (nSPS) is 38.6. The van der Waals surface area contributed by atoms with Crippen LogP contribution in [0, 0.1) is 0 Å². The number of nitrogen functional groups attached to an aromatic ring is 2. The lowest BCUT2D eigenvalue weighted by Crippen LogP contribution is -2.36. The summed E-state index contributed by atoms with van der Waals surface area (Å²) in [7, 11) is 0. The number of nitrogens with zero attached hydrogens (tertiary/aromatic N) is 8. The standard InChI is InChI=1S/C19H22N10O10P2S2/c20-13-7-15(24-2-22-13)28(4-26-7)17-9(30)11-6(35-17)1-34-40(32,42)38-12-10(31)18(36-19(12)39-41(33,43)37-11)29-5-27-8-14(21)23-3-25-16(8)29/h2-6,9-12,17-19,30-31H,1H2,(H,32,42)(H,33,43)(H2,20,22,24)(H2,21,23,25)/t6-,9?,10?,11?,12?,17-,18-,19-,40?,41?/m1/s1. The van der Waals surface area contributed by atoms with Crippen molar-refractivity contribution >= 4 is 71.5 Å². The van der Waals surface area contributed by atoms with Gasteiger partial charge in [-0.2, -0.15) is 0 Å². The monoisotopic (exact) mass is 676 g/mol. The van der Waals surface area contributed by atoms with Gasteiger partial charge in [0.05, 0.1) is 19.3 Å². The third kappa shape index (κ3) is 5.11. The van der Waals surface area contributed by atoms with E-state index < -0.39 is 69.4 Å². The molecule has 7 heterocycles. The zero-order valence-corrected chi connectivity index (χ0v) is 24.8. The maximum absolute atomic E-state index is 13.3. The second kappa shape index (κ2) is 10.6. The molecule has 0 radical (unpaired) electrons. The Kier molecular flexibility index (Phi) is 7.21. The predicted molar refractivity (Wildman–Crippen MR) is 149 cm³/mol. The number of rotatable bonds is 2. The Morgan fingerprint density at radius 2 is 1.42 bits per heavy atom. The molecule has 3 aliphatic rings. The molecule has 0 bridgehead atoms. The zero-order chi connectivity index (χ0) is 30.3. The van der Waals surface area contributed by atoms with Gasteiger partial charge in [0.2, 0.25) is 0 Å². The Bertz CT molecular complexity index is 1810. The van der Waals surface area contributed by atoms with Gasteiger partial charge in [-0.15, -0.1) is 0 Å². The Morgan fingerprint density at radius 3 is 2.02 bits per heavy atom. The smallest absolute Gasteiger partial charge is 0.386 e. The fourth-order valence-corrected chi connectivity index (χ4v) is 8.09. The summed E-state index contributed by atoms with van der Waals surface area (Å²) in [6.45, 7) is -9.14. The quantitative estimate of drug-likeness (QED) is 0.114. The van der Waals surface area contributed by atoms with Crippen molar-refractivity contribution in [1.29, 1.82) is 0 Å². The van der Waals surface area contributed by atoms with Crippen molar-refractivity contribution in [3.8, 4) is 0 Å². The number of hydrogen-bond donors (Lipinski definition) is 6. The Labute approximate surface area is 250 Å². The van der Waals surface area contributed by atoms with E-state index in [0.717, 1.165) is 0 Å². The van der Waals surface area contributed by atoms with Crippen molar-refractivity contribution < 1.29 is 47.2 Å². The average molecular weight is 677 g/mol. The Balaban J connectivity index is 1.20. The molecule has 3 fully saturated rings. The maximum atomic E-state index is 13.3. The lowest BCUT2D eigenvalue weighted by molar-refractivity contribution is -0.129. The second-order valence-corrected chi connectivity index (χ2v) is 15.2. The number of nitrogens with two attached hydrogens (primary N) is 2. The molecule has 0 aliphatic carbocycles. The molecule has 6 unspecified atom stereocenters. The van der Waals surface area contributed by atoms with Crippen LogP contribution in [-0.2, 0) is 43.9 Å². The maximum Gasteiger partial charge on any atom is 0.386 e. The van der Waals surface area contributed by atoms with E-state index >= 15 is 0 Å². The minimum Gasteiger partial charge on any atom is -0.386 e. The number of aromatic nitrogens is 8. The molecule has 43 heavy (non-hydrogen) atoms. The van der Waals surface area contributed by atoms with Crippen LogP contribution in [0.25, 0.3) is 22.3 Å². The first kappa shape index (κ1) is 29.3. The van der Waals surface area contributed by atoms with Crippen LogP contribution in [0.2, 0.25) is 0 Å². The molecule has 7 rings (SSSR count). The predicted octanol–water partition coefficient (Wildman–Crippen LogP) is -0.623. The molecule has 7 N–H and O–H groups in total. The van der Waals surface area contributed by atoms with Crippen molar-refractivity contribution in [2.75, 3.05) is 18.1 Å². The van der Waals surface area contributed by atoms with Gasteiger partial charge in [0.15, 0.2) is 41.7 Å². The molecular formula is C19H22N10O10P2S2. The molecule has 3 saturated heterocycles. The molecule has 0 amide bonds. The fourth-order valence-electron chi connectivity index (χ4n) is 5.03. The molecule has 230 valence electrons. The Hall–Kier alpha value is -2.43. The van der Waals surface area contributed by atoms with Crippen molar-refractivity contribution in [3.05, 3.63) is 25.3 Å². The summed E-state index contributed by atoms with van der Waals surface area (Å²) in [6, 6.07) is 0. The van der Waals surface area contributed by atoms with Crippen molar-refractivity contribution in [3.63, 3.8) is 0 Å². The summed E-state index contributed by atoms with van der Waals surface area (Å²) >= 11 is 9.29. The van der Waals surface area contributed by atoms with Gasteiger partial charge in [0, 0.05) is 0 Å². The van der Waals surface area contributed by atoms with Crippen LogP contribution < -0.4 is 11.5 Å². The molecule has 4 aromatic rings. The molecule has 20 nitrogen and oxygen atoms in total. The van der Waals surface area contributed by atoms with Crippen molar-refractivity contribution in [2.24, 2.45) is 0 Å². The van der Waals surface area contributed by atoms with E-state index in [1.807, 2.05) is 0 Å². The van der Waals surface area contributed by atoms with Gasteiger partial charge in [-0.25, -0.2) is 34.5 Å². The van der Waals surface area contributed by atoms with Crippen LogP contribution in [-0.4, -0.2) is 97.6 Å². The number of fused-ring (bicyclic) bond motifs is 4. The first-order chi connectivity index (χ1) is 20.4. The van der Waals surface area contributed by atoms with E-state index in [0.29, 0.717) is 0 Å². The molecule has 10 atom stereocenters. The van der Waals surface area contributed by atoms with Gasteiger partial charge in [0.1, 0.15) is 54.2 Å². The molecule has 0 spiro atoms. The molecule has 3 aliphatic heterocycles. The average Bonchev–Trinajstić information content (AvgIpc) is 3.70. The fraction of sp³-hybridized carbons (Fsp3) is 0.474. The molecule has 0 aromatic carbocycles. The van der Waals surface area contributed by atoms with Gasteiger partial charge in [-0.05, 0) is 11.8 Å². The van der Waals surface area contributed by atoms with Gasteiger partial charge in [-0.1, -0.05) is 12.2 Å². The topological polar surface area (TPSA) is 272 Å². The summed E-state index contributed by atoms with van der Waals surface area (Å²) in [5, 5.41) is 22.5. The zero-order valence-electron chi connectivity index (χ0n) is 21.3. The molecule has 24 heteroatoms. The molecule has 0 saturated carbocycles. The van der Waals surface area contributed by atoms with Gasteiger partial charge < -0.3 is 36.0 Å². The first-order valence-electron chi connectivity index (χ1n) is 12.3. The van der Waals surface area contributed by atoms with Gasteiger partial charge in [-0.3, -0.25) is 27.2 Å². The number of anilines is 2. The summed E-state index contributed by atoms with van der Waals surface area (Å²) in [5.41, 5.74) is 12.6. The minimum atomic E-state index is -4.32. The second-order valence-electron chi connectivity index (χ2n) is 9.59. The number of aliphatic hydroxyl groups excluding tert-OH is 2. The van der Waals surface area contributed by atoms with Crippen molar-refractivity contribution in [1.82, 2.24) is 39.0 Å². The third-order valence-corrected chi connectivity index (χ3v) is 10.1. The summed E-state index contributed by atoms with van der Waals surface area (Å²) in [5.74, 6) is 0.181. The van der Waals surface area contributed by atoms with E-state index in [4.69, 9.17) is 50.8 Å². The van der Waals surface area contributed by atoms with Crippen LogP contribution in [0.15, 0.2) is 25.3 Å². The van der Waals surface area contributed by atoms with Crippen LogP contribution in [0.1, 0.15) is 12.5 Å². The number of thiol groups is 1. The highest BCUT2D eigenvalue weighted by Crippen LogP contribution is 2.60. The van der Waals surface area contributed by atoms with Crippen molar-refractivity contribution in [2.45, 2.75) is 49.3 Å².